The van der Waals surface area contributed by atoms with E-state index in [1.807, 2.05) is 0 Å². The summed E-state index contributed by atoms with van der Waals surface area (Å²) in [4.78, 5) is 2.64. The molecule has 1 rings (SSSR count). The zero-order valence-electron chi connectivity index (χ0n) is 9.75. The summed E-state index contributed by atoms with van der Waals surface area (Å²) in [7, 11) is 0. The summed E-state index contributed by atoms with van der Waals surface area (Å²) in [6, 6.07) is 0.776. The molecule has 0 spiro atoms. The van der Waals surface area contributed by atoms with Gasteiger partial charge in [0.05, 0.1) is 0 Å². The van der Waals surface area contributed by atoms with Gasteiger partial charge in [0.25, 0.3) is 0 Å². The molecule has 0 aromatic carbocycles. The first-order valence-electron chi connectivity index (χ1n) is 5.76. The van der Waals surface area contributed by atoms with Crippen LogP contribution in [0.3, 0.4) is 0 Å². The molecule has 0 radical (unpaired) electrons. The fraction of sp³-hybridized carbons (Fsp3) is 1.00. The summed E-state index contributed by atoms with van der Waals surface area (Å²) in [5.74, 6) is 3.41. The highest BCUT2D eigenvalue weighted by molar-refractivity contribution is 7.99. The number of thioether (sulfide) groups is 1. The summed E-state index contributed by atoms with van der Waals surface area (Å²) >= 11 is 2.09. The number of hydrogen-bond acceptors (Lipinski definition) is 3. The first-order valence-corrected chi connectivity index (χ1v) is 6.92. The van der Waals surface area contributed by atoms with Crippen molar-refractivity contribution < 1.29 is 0 Å². The molecule has 1 aliphatic rings. The molecule has 1 N–H and O–H groups in total. The van der Waals surface area contributed by atoms with Gasteiger partial charge >= 0.3 is 0 Å². The van der Waals surface area contributed by atoms with Crippen molar-refractivity contribution in [1.82, 2.24) is 10.2 Å². The highest BCUT2D eigenvalue weighted by Crippen LogP contribution is 2.16. The normalized spacial score (nSPS) is 26.4. The largest absolute Gasteiger partial charge is 0.317 e. The summed E-state index contributed by atoms with van der Waals surface area (Å²) in [5, 5.41) is 3.42. The molecule has 1 heterocycles. The average Bonchev–Trinajstić information content (AvgIpc) is 2.18. The summed E-state index contributed by atoms with van der Waals surface area (Å²) < 4.78 is 0. The minimum absolute atomic E-state index is 0.776. The molecule has 2 nitrogen and oxygen atoms in total. The Bertz CT molecular complexity index is 152. The van der Waals surface area contributed by atoms with Gasteiger partial charge < -0.3 is 5.32 Å². The molecule has 3 heteroatoms. The van der Waals surface area contributed by atoms with Crippen molar-refractivity contribution in [3.05, 3.63) is 0 Å². The lowest BCUT2D eigenvalue weighted by molar-refractivity contribution is 0.200. The predicted molar refractivity (Wildman–Crippen MR) is 66.1 cm³/mol. The second-order valence-electron chi connectivity index (χ2n) is 4.33. The fourth-order valence-corrected chi connectivity index (χ4v) is 2.97. The van der Waals surface area contributed by atoms with Gasteiger partial charge in [-0.05, 0) is 25.9 Å². The highest BCUT2D eigenvalue weighted by atomic mass is 32.2. The third kappa shape index (κ3) is 4.20. The minimum Gasteiger partial charge on any atom is -0.317 e. The molecular formula is C11H24N2S. The van der Waals surface area contributed by atoms with E-state index in [1.165, 1.54) is 24.6 Å². The first kappa shape index (κ1) is 12.3. The Morgan fingerprint density at radius 3 is 3.00 bits per heavy atom. The van der Waals surface area contributed by atoms with E-state index >= 15 is 0 Å². The van der Waals surface area contributed by atoms with Crippen molar-refractivity contribution in [3.63, 3.8) is 0 Å². The quantitative estimate of drug-likeness (QED) is 0.752. The molecule has 2 unspecified atom stereocenters. The average molecular weight is 216 g/mol. The maximum atomic E-state index is 3.42. The Labute approximate surface area is 92.8 Å². The molecule has 84 valence electrons. The van der Waals surface area contributed by atoms with Crippen LogP contribution < -0.4 is 5.32 Å². The molecule has 0 aromatic heterocycles. The molecule has 0 aliphatic carbocycles. The smallest absolute Gasteiger partial charge is 0.0158 e. The van der Waals surface area contributed by atoms with Gasteiger partial charge in [0, 0.05) is 30.6 Å². The fourth-order valence-electron chi connectivity index (χ4n) is 1.89. The predicted octanol–water partition coefficient (Wildman–Crippen LogP) is 1.67. The van der Waals surface area contributed by atoms with E-state index in [2.05, 4.69) is 42.7 Å². The zero-order valence-corrected chi connectivity index (χ0v) is 10.6. The van der Waals surface area contributed by atoms with Crippen LogP contribution in [0.15, 0.2) is 0 Å². The Kier molecular flexibility index (Phi) is 5.90. The standard InChI is InChI=1S/C11H24N2S/c1-4-12-7-10(2)8-13-5-6-14-9-11(13)3/h10-12H,4-9H2,1-3H3. The third-order valence-corrected chi connectivity index (χ3v) is 3.98. The molecule has 14 heavy (non-hydrogen) atoms. The van der Waals surface area contributed by atoms with Crippen molar-refractivity contribution in [2.24, 2.45) is 5.92 Å². The maximum absolute atomic E-state index is 3.42. The van der Waals surface area contributed by atoms with E-state index in [0.717, 1.165) is 25.0 Å². The first-order chi connectivity index (χ1) is 6.74. The Balaban J connectivity index is 2.20. The van der Waals surface area contributed by atoms with Gasteiger partial charge in [-0.25, -0.2) is 0 Å². The highest BCUT2D eigenvalue weighted by Gasteiger charge is 2.19. The Morgan fingerprint density at radius 2 is 2.36 bits per heavy atom. The summed E-state index contributed by atoms with van der Waals surface area (Å²) in [5.41, 5.74) is 0. The van der Waals surface area contributed by atoms with E-state index < -0.39 is 0 Å². The van der Waals surface area contributed by atoms with Crippen molar-refractivity contribution in [2.75, 3.05) is 37.7 Å². The number of rotatable bonds is 5. The molecule has 0 amide bonds. The van der Waals surface area contributed by atoms with Crippen LogP contribution in [0.4, 0.5) is 0 Å². The molecule has 0 saturated carbocycles. The number of nitrogens with one attached hydrogen (secondary N) is 1. The van der Waals surface area contributed by atoms with Crippen LogP contribution in [-0.2, 0) is 0 Å². The second kappa shape index (κ2) is 6.70. The van der Waals surface area contributed by atoms with Gasteiger partial charge in [0.15, 0.2) is 0 Å². The lowest BCUT2D eigenvalue weighted by Gasteiger charge is -2.34. The van der Waals surface area contributed by atoms with Crippen LogP contribution >= 0.6 is 11.8 Å². The van der Waals surface area contributed by atoms with Crippen molar-refractivity contribution in [1.29, 1.82) is 0 Å². The van der Waals surface area contributed by atoms with Crippen LogP contribution in [0.25, 0.3) is 0 Å². The lowest BCUT2D eigenvalue weighted by Crippen LogP contribution is -2.44. The molecular weight excluding hydrogens is 192 g/mol. The number of nitrogens with zero attached hydrogens (tertiary/aromatic N) is 1. The van der Waals surface area contributed by atoms with Crippen LogP contribution in [0.5, 0.6) is 0 Å². The topological polar surface area (TPSA) is 15.3 Å². The Morgan fingerprint density at radius 1 is 1.57 bits per heavy atom. The van der Waals surface area contributed by atoms with E-state index in [1.54, 1.807) is 0 Å². The van der Waals surface area contributed by atoms with Gasteiger partial charge in [-0.3, -0.25) is 4.90 Å². The van der Waals surface area contributed by atoms with Gasteiger partial charge in [-0.15, -0.1) is 0 Å². The van der Waals surface area contributed by atoms with Crippen molar-refractivity contribution in [2.45, 2.75) is 26.8 Å². The van der Waals surface area contributed by atoms with E-state index in [4.69, 9.17) is 0 Å². The van der Waals surface area contributed by atoms with Crippen LogP contribution in [0, 0.1) is 5.92 Å². The van der Waals surface area contributed by atoms with Gasteiger partial charge in [0.2, 0.25) is 0 Å². The maximum Gasteiger partial charge on any atom is 0.0158 e. The molecule has 0 aromatic rings. The molecule has 1 fully saturated rings. The summed E-state index contributed by atoms with van der Waals surface area (Å²) in [6.07, 6.45) is 0. The lowest BCUT2D eigenvalue weighted by atomic mass is 10.1. The molecule has 1 saturated heterocycles. The monoisotopic (exact) mass is 216 g/mol. The minimum atomic E-state index is 0.776. The van der Waals surface area contributed by atoms with Gasteiger partial charge in [0.1, 0.15) is 0 Å². The van der Waals surface area contributed by atoms with Gasteiger partial charge in [-0.1, -0.05) is 13.8 Å². The van der Waals surface area contributed by atoms with E-state index in [9.17, 15) is 0 Å². The zero-order chi connectivity index (χ0) is 10.4. The molecule has 1 aliphatic heterocycles. The molecule has 0 bridgehead atoms. The van der Waals surface area contributed by atoms with E-state index in [0.29, 0.717) is 0 Å². The molecule has 2 atom stereocenters. The van der Waals surface area contributed by atoms with Crippen molar-refractivity contribution in [3.8, 4) is 0 Å². The van der Waals surface area contributed by atoms with Crippen molar-refractivity contribution >= 4 is 11.8 Å². The van der Waals surface area contributed by atoms with Crippen LogP contribution in [0.1, 0.15) is 20.8 Å². The van der Waals surface area contributed by atoms with Crippen LogP contribution in [-0.4, -0.2) is 48.6 Å². The SMILES string of the molecule is CCNCC(C)CN1CCSCC1C. The summed E-state index contributed by atoms with van der Waals surface area (Å²) in [6.45, 7) is 11.7. The van der Waals surface area contributed by atoms with Gasteiger partial charge in [-0.2, -0.15) is 11.8 Å². The van der Waals surface area contributed by atoms with Crippen LogP contribution in [0.2, 0.25) is 0 Å². The Hall–Kier alpha value is 0.270. The second-order valence-corrected chi connectivity index (χ2v) is 5.48. The van der Waals surface area contributed by atoms with E-state index in [-0.39, 0.29) is 0 Å². The third-order valence-electron chi connectivity index (χ3n) is 2.79. The number of hydrogen-bond donors (Lipinski definition) is 1.